The number of carbonyl (C=O) groups is 2. The first-order chi connectivity index (χ1) is 15.7. The molecular formula is C28H23NO3. The molecule has 158 valence electrons. The zero-order chi connectivity index (χ0) is 22.3. The Morgan fingerprint density at radius 2 is 1.41 bits per heavy atom. The van der Waals surface area contributed by atoms with Crippen LogP contribution in [-0.2, 0) is 14.3 Å². The highest BCUT2D eigenvalue weighted by Crippen LogP contribution is 2.30. The number of hydrogen-bond acceptors (Lipinski definition) is 3. The molecule has 1 amide bonds. The number of carbonyl (C=O) groups excluding carboxylic acids is 2. The fraction of sp³-hybridized carbons (Fsp3) is 0.0714. The van der Waals surface area contributed by atoms with Gasteiger partial charge in [-0.3, -0.25) is 4.79 Å². The lowest BCUT2D eigenvalue weighted by atomic mass is 9.93. The third-order valence-electron chi connectivity index (χ3n) is 5.30. The summed E-state index contributed by atoms with van der Waals surface area (Å²) < 4.78 is 4.93. The first-order valence-corrected chi connectivity index (χ1v) is 10.4. The van der Waals surface area contributed by atoms with Gasteiger partial charge in [0.05, 0.1) is 7.11 Å². The van der Waals surface area contributed by atoms with Crippen molar-refractivity contribution in [2.24, 2.45) is 0 Å². The van der Waals surface area contributed by atoms with Gasteiger partial charge in [0.1, 0.15) is 0 Å². The molecule has 4 aromatic rings. The molecule has 0 fully saturated rings. The summed E-state index contributed by atoms with van der Waals surface area (Å²) >= 11 is 0. The molecule has 4 nitrogen and oxygen atoms in total. The number of esters is 1. The van der Waals surface area contributed by atoms with Crippen molar-refractivity contribution < 1.29 is 14.3 Å². The Morgan fingerprint density at radius 1 is 0.781 bits per heavy atom. The van der Waals surface area contributed by atoms with Gasteiger partial charge in [-0.15, -0.1) is 0 Å². The number of benzene rings is 4. The lowest BCUT2D eigenvalue weighted by Gasteiger charge is -2.17. The Kier molecular flexibility index (Phi) is 6.42. The van der Waals surface area contributed by atoms with E-state index in [0.717, 1.165) is 27.5 Å². The van der Waals surface area contributed by atoms with E-state index in [4.69, 9.17) is 4.74 Å². The SMILES string of the molecule is COC(=O)C(NC(=O)C=C(c1ccccc1)c1cccc2ccccc12)c1ccccc1. The lowest BCUT2D eigenvalue weighted by Crippen LogP contribution is -2.33. The molecule has 0 aromatic heterocycles. The number of fused-ring (bicyclic) bond motifs is 1. The number of rotatable bonds is 6. The molecule has 0 aliphatic carbocycles. The van der Waals surface area contributed by atoms with Gasteiger partial charge < -0.3 is 10.1 Å². The maximum Gasteiger partial charge on any atom is 0.333 e. The molecule has 4 aromatic carbocycles. The average Bonchev–Trinajstić information content (AvgIpc) is 2.86. The maximum absolute atomic E-state index is 13.1. The van der Waals surface area contributed by atoms with Crippen LogP contribution in [-0.4, -0.2) is 19.0 Å². The second kappa shape index (κ2) is 9.75. The van der Waals surface area contributed by atoms with Crippen LogP contribution in [0, 0.1) is 0 Å². The summed E-state index contributed by atoms with van der Waals surface area (Å²) in [5.41, 5.74) is 3.29. The molecule has 0 spiro atoms. The predicted octanol–water partition coefficient (Wildman–Crippen LogP) is 5.30. The minimum atomic E-state index is -0.894. The molecule has 0 bridgehead atoms. The van der Waals surface area contributed by atoms with Crippen LogP contribution in [0.5, 0.6) is 0 Å². The van der Waals surface area contributed by atoms with Crippen LogP contribution >= 0.6 is 0 Å². The summed E-state index contributed by atoms with van der Waals surface area (Å²) in [5, 5.41) is 4.95. The molecule has 0 saturated carbocycles. The molecular weight excluding hydrogens is 398 g/mol. The van der Waals surface area contributed by atoms with E-state index in [1.807, 2.05) is 91.0 Å². The molecule has 1 N–H and O–H groups in total. The molecule has 0 heterocycles. The van der Waals surface area contributed by atoms with Crippen LogP contribution < -0.4 is 5.32 Å². The minimum absolute atomic E-state index is 0.379. The Hall–Kier alpha value is -4.18. The van der Waals surface area contributed by atoms with Crippen molar-refractivity contribution in [3.8, 4) is 0 Å². The fourth-order valence-electron chi connectivity index (χ4n) is 3.75. The monoisotopic (exact) mass is 421 g/mol. The minimum Gasteiger partial charge on any atom is -0.467 e. The fourth-order valence-corrected chi connectivity index (χ4v) is 3.75. The van der Waals surface area contributed by atoms with Gasteiger partial charge in [-0.05, 0) is 33.0 Å². The smallest absolute Gasteiger partial charge is 0.333 e. The third-order valence-corrected chi connectivity index (χ3v) is 5.30. The second-order valence-corrected chi connectivity index (χ2v) is 7.33. The molecule has 0 radical (unpaired) electrons. The van der Waals surface area contributed by atoms with Crippen LogP contribution in [0.2, 0.25) is 0 Å². The van der Waals surface area contributed by atoms with E-state index in [1.165, 1.54) is 7.11 Å². The number of nitrogens with one attached hydrogen (secondary N) is 1. The van der Waals surface area contributed by atoms with Gasteiger partial charge >= 0.3 is 5.97 Å². The maximum atomic E-state index is 13.1. The molecule has 0 aliphatic rings. The second-order valence-electron chi connectivity index (χ2n) is 7.33. The molecule has 1 atom stereocenters. The van der Waals surface area contributed by atoms with Crippen molar-refractivity contribution in [2.75, 3.05) is 7.11 Å². The van der Waals surface area contributed by atoms with Crippen LogP contribution in [0.4, 0.5) is 0 Å². The Balaban J connectivity index is 1.77. The van der Waals surface area contributed by atoms with Crippen molar-refractivity contribution in [3.63, 3.8) is 0 Å². The molecule has 0 saturated heterocycles. The van der Waals surface area contributed by atoms with Gasteiger partial charge in [0.2, 0.25) is 5.91 Å². The zero-order valence-corrected chi connectivity index (χ0v) is 17.7. The highest BCUT2D eigenvalue weighted by atomic mass is 16.5. The summed E-state index contributed by atoms with van der Waals surface area (Å²) in [7, 11) is 1.31. The molecule has 4 rings (SSSR count). The summed E-state index contributed by atoms with van der Waals surface area (Å²) in [4.78, 5) is 25.5. The van der Waals surface area contributed by atoms with Gasteiger partial charge in [0.25, 0.3) is 0 Å². The molecule has 4 heteroatoms. The lowest BCUT2D eigenvalue weighted by molar-refractivity contribution is -0.144. The van der Waals surface area contributed by atoms with E-state index in [1.54, 1.807) is 18.2 Å². The highest BCUT2D eigenvalue weighted by Gasteiger charge is 2.23. The number of ether oxygens (including phenoxy) is 1. The summed E-state index contributed by atoms with van der Waals surface area (Å²) in [6.45, 7) is 0. The summed E-state index contributed by atoms with van der Waals surface area (Å²) in [6.07, 6.45) is 1.55. The standard InChI is InChI=1S/C28H23NO3/c1-32-28(31)27(22-14-6-3-7-15-22)29-26(30)19-25(21-11-4-2-5-12-21)24-18-10-16-20-13-8-9-17-23(20)24/h2-19,27H,1H3,(H,29,30). The van der Waals surface area contributed by atoms with E-state index < -0.39 is 12.0 Å². The van der Waals surface area contributed by atoms with Crippen LogP contribution in [0.3, 0.4) is 0 Å². The van der Waals surface area contributed by atoms with Crippen molar-refractivity contribution >= 4 is 28.2 Å². The number of amides is 1. The quantitative estimate of drug-likeness (QED) is 0.339. The largest absolute Gasteiger partial charge is 0.467 e. The topological polar surface area (TPSA) is 55.4 Å². The number of hydrogen-bond donors (Lipinski definition) is 1. The van der Waals surface area contributed by atoms with Crippen LogP contribution in [0.15, 0.2) is 109 Å². The Labute approximate surface area is 187 Å². The molecule has 0 aliphatic heterocycles. The first-order valence-electron chi connectivity index (χ1n) is 10.4. The van der Waals surface area contributed by atoms with E-state index in [0.29, 0.717) is 5.56 Å². The van der Waals surface area contributed by atoms with E-state index >= 15 is 0 Å². The predicted molar refractivity (Wildman–Crippen MR) is 127 cm³/mol. The van der Waals surface area contributed by atoms with Gasteiger partial charge in [-0.25, -0.2) is 4.79 Å². The van der Waals surface area contributed by atoms with Gasteiger partial charge in [0, 0.05) is 6.08 Å². The van der Waals surface area contributed by atoms with Crippen molar-refractivity contribution in [1.82, 2.24) is 5.32 Å². The average molecular weight is 421 g/mol. The van der Waals surface area contributed by atoms with E-state index in [2.05, 4.69) is 5.32 Å². The van der Waals surface area contributed by atoms with Crippen molar-refractivity contribution in [3.05, 3.63) is 126 Å². The normalized spacial score (nSPS) is 12.2. The molecule has 32 heavy (non-hydrogen) atoms. The van der Waals surface area contributed by atoms with E-state index in [9.17, 15) is 9.59 Å². The number of methoxy groups -OCH3 is 1. The zero-order valence-electron chi connectivity index (χ0n) is 17.7. The van der Waals surface area contributed by atoms with E-state index in [-0.39, 0.29) is 5.91 Å². The van der Waals surface area contributed by atoms with Crippen LogP contribution in [0.1, 0.15) is 22.7 Å². The van der Waals surface area contributed by atoms with Gasteiger partial charge in [0.15, 0.2) is 6.04 Å². The summed E-state index contributed by atoms with van der Waals surface area (Å²) in [6, 6.07) is 32.0. The van der Waals surface area contributed by atoms with Crippen molar-refractivity contribution in [1.29, 1.82) is 0 Å². The highest BCUT2D eigenvalue weighted by molar-refractivity contribution is 6.05. The van der Waals surface area contributed by atoms with Crippen LogP contribution in [0.25, 0.3) is 16.3 Å². The Morgan fingerprint density at radius 3 is 2.12 bits per heavy atom. The first kappa shape index (κ1) is 21.1. The Bertz CT molecular complexity index is 1260. The van der Waals surface area contributed by atoms with Gasteiger partial charge in [-0.1, -0.05) is 103 Å². The molecule has 1 unspecified atom stereocenters. The third kappa shape index (κ3) is 4.60. The summed E-state index contributed by atoms with van der Waals surface area (Å²) in [5.74, 6) is -0.902. The van der Waals surface area contributed by atoms with Gasteiger partial charge in [-0.2, -0.15) is 0 Å². The van der Waals surface area contributed by atoms with Crippen molar-refractivity contribution in [2.45, 2.75) is 6.04 Å².